The number of terminal acetylenes is 1. The van der Waals surface area contributed by atoms with Gasteiger partial charge in [0.15, 0.2) is 0 Å². The molecule has 82 valence electrons. The van der Waals surface area contributed by atoms with E-state index in [4.69, 9.17) is 11.2 Å². The number of benzene rings is 1. The van der Waals surface area contributed by atoms with Gasteiger partial charge in [-0.1, -0.05) is 54.0 Å². The molecule has 0 heterocycles. The zero-order valence-electron chi connectivity index (χ0n) is 9.52. The normalized spacial score (nSPS) is 11.6. The van der Waals surface area contributed by atoms with Gasteiger partial charge in [0.25, 0.3) is 0 Å². The van der Waals surface area contributed by atoms with E-state index in [2.05, 4.69) is 18.1 Å². The van der Waals surface area contributed by atoms with Gasteiger partial charge >= 0.3 is 0 Å². The molecule has 0 bridgehead atoms. The van der Waals surface area contributed by atoms with Gasteiger partial charge in [0, 0.05) is 0 Å². The average molecular weight is 212 g/mol. The summed E-state index contributed by atoms with van der Waals surface area (Å²) in [6, 6.07) is 10.1. The van der Waals surface area contributed by atoms with Crippen LogP contribution in [-0.2, 0) is 11.3 Å². The maximum Gasteiger partial charge on any atom is 0.0721 e. The lowest BCUT2D eigenvalue weighted by molar-refractivity contribution is 0.148. The molecule has 0 aromatic heterocycles. The van der Waals surface area contributed by atoms with Crippen LogP contribution in [0, 0.1) is 12.3 Å². The van der Waals surface area contributed by atoms with E-state index in [1.165, 1.54) is 5.56 Å². The Morgan fingerprint density at radius 1 is 1.38 bits per heavy atom. The van der Waals surface area contributed by atoms with E-state index in [-0.39, 0.29) is 0 Å². The van der Waals surface area contributed by atoms with Crippen LogP contribution in [0.3, 0.4) is 0 Å². The molecular formula is C15H16O. The number of rotatable bonds is 5. The van der Waals surface area contributed by atoms with Gasteiger partial charge in [-0.15, -0.1) is 6.42 Å². The smallest absolute Gasteiger partial charge is 0.0721 e. The fraction of sp³-hybridized carbons (Fsp3) is 0.200. The Morgan fingerprint density at radius 3 is 2.81 bits per heavy atom. The molecule has 0 atom stereocenters. The number of hydrogen-bond acceptors (Lipinski definition) is 1. The van der Waals surface area contributed by atoms with E-state index >= 15 is 0 Å². The quantitative estimate of drug-likeness (QED) is 0.413. The van der Waals surface area contributed by atoms with Crippen LogP contribution in [0.25, 0.3) is 0 Å². The first kappa shape index (κ1) is 12.3. The highest BCUT2D eigenvalue weighted by molar-refractivity contribution is 5.23. The van der Waals surface area contributed by atoms with E-state index in [1.807, 2.05) is 37.3 Å². The first-order valence-electron chi connectivity index (χ1n) is 5.24. The summed E-state index contributed by atoms with van der Waals surface area (Å²) in [5.74, 6) is 2.45. The van der Waals surface area contributed by atoms with Gasteiger partial charge in [-0.05, 0) is 18.6 Å². The second-order valence-corrected chi connectivity index (χ2v) is 3.45. The SMILES string of the molecule is C#C/C=C/C(C)=C/COCc1ccccc1. The average Bonchev–Trinajstić information content (AvgIpc) is 2.33. The predicted molar refractivity (Wildman–Crippen MR) is 67.8 cm³/mol. The summed E-state index contributed by atoms with van der Waals surface area (Å²) in [7, 11) is 0. The van der Waals surface area contributed by atoms with Crippen LogP contribution >= 0.6 is 0 Å². The Morgan fingerprint density at radius 2 is 2.12 bits per heavy atom. The van der Waals surface area contributed by atoms with Gasteiger partial charge in [0.2, 0.25) is 0 Å². The molecule has 0 aliphatic carbocycles. The fourth-order valence-corrected chi connectivity index (χ4v) is 1.19. The first-order valence-corrected chi connectivity index (χ1v) is 5.24. The van der Waals surface area contributed by atoms with Crippen LogP contribution in [0.15, 0.2) is 54.1 Å². The molecule has 1 aromatic rings. The third kappa shape index (κ3) is 5.19. The van der Waals surface area contributed by atoms with Crippen LogP contribution in [0.1, 0.15) is 12.5 Å². The fourth-order valence-electron chi connectivity index (χ4n) is 1.19. The Balaban J connectivity index is 2.27. The molecule has 0 aliphatic rings. The second kappa shape index (κ2) is 7.50. The van der Waals surface area contributed by atoms with Gasteiger partial charge < -0.3 is 4.74 Å². The van der Waals surface area contributed by atoms with E-state index in [0.29, 0.717) is 13.2 Å². The summed E-state index contributed by atoms with van der Waals surface area (Å²) < 4.78 is 5.51. The standard InChI is InChI=1S/C15H16O/c1-3-4-8-14(2)11-12-16-13-15-9-6-5-7-10-15/h1,4-11H,12-13H2,2H3/b8-4+,14-11+. The molecule has 1 nitrogen and oxygen atoms in total. The summed E-state index contributed by atoms with van der Waals surface area (Å²) in [4.78, 5) is 0. The molecule has 0 aliphatic heterocycles. The minimum absolute atomic E-state index is 0.607. The topological polar surface area (TPSA) is 9.23 Å². The number of allylic oxidation sites excluding steroid dienone is 3. The lowest BCUT2D eigenvalue weighted by atomic mass is 10.2. The minimum Gasteiger partial charge on any atom is -0.373 e. The summed E-state index contributed by atoms with van der Waals surface area (Å²) in [5, 5.41) is 0. The predicted octanol–water partition coefficient (Wildman–Crippen LogP) is 3.34. The van der Waals surface area contributed by atoms with Crippen molar-refractivity contribution in [2.75, 3.05) is 6.61 Å². The van der Waals surface area contributed by atoms with Crippen molar-refractivity contribution in [2.45, 2.75) is 13.5 Å². The molecule has 16 heavy (non-hydrogen) atoms. The van der Waals surface area contributed by atoms with Crippen molar-refractivity contribution in [2.24, 2.45) is 0 Å². The Labute approximate surface area is 97.4 Å². The minimum atomic E-state index is 0.607. The summed E-state index contributed by atoms with van der Waals surface area (Å²) in [6.45, 7) is 3.25. The van der Waals surface area contributed by atoms with E-state index < -0.39 is 0 Å². The zero-order valence-corrected chi connectivity index (χ0v) is 9.52. The molecule has 0 unspecified atom stereocenters. The van der Waals surface area contributed by atoms with Crippen molar-refractivity contribution in [3.63, 3.8) is 0 Å². The molecule has 1 rings (SSSR count). The molecule has 0 fully saturated rings. The molecule has 0 saturated carbocycles. The zero-order chi connectivity index (χ0) is 11.6. The van der Waals surface area contributed by atoms with E-state index in [1.54, 1.807) is 6.08 Å². The van der Waals surface area contributed by atoms with Crippen LogP contribution in [0.4, 0.5) is 0 Å². The summed E-state index contributed by atoms with van der Waals surface area (Å²) >= 11 is 0. The third-order valence-electron chi connectivity index (χ3n) is 2.08. The highest BCUT2D eigenvalue weighted by Gasteiger charge is 1.89. The van der Waals surface area contributed by atoms with Gasteiger partial charge in [-0.25, -0.2) is 0 Å². The van der Waals surface area contributed by atoms with Crippen molar-refractivity contribution < 1.29 is 4.74 Å². The van der Waals surface area contributed by atoms with Crippen molar-refractivity contribution >= 4 is 0 Å². The van der Waals surface area contributed by atoms with Crippen molar-refractivity contribution in [3.05, 3.63) is 59.7 Å². The molecule has 0 amide bonds. The monoisotopic (exact) mass is 212 g/mol. The van der Waals surface area contributed by atoms with Crippen LogP contribution in [0.5, 0.6) is 0 Å². The largest absolute Gasteiger partial charge is 0.373 e. The molecule has 1 aromatic carbocycles. The van der Waals surface area contributed by atoms with Crippen molar-refractivity contribution in [1.29, 1.82) is 0 Å². The van der Waals surface area contributed by atoms with Gasteiger partial charge in [-0.3, -0.25) is 0 Å². The first-order chi connectivity index (χ1) is 7.83. The Hall–Kier alpha value is -1.78. The number of hydrogen-bond donors (Lipinski definition) is 0. The van der Waals surface area contributed by atoms with Crippen LogP contribution in [0.2, 0.25) is 0 Å². The summed E-state index contributed by atoms with van der Waals surface area (Å²) in [5.41, 5.74) is 2.30. The lowest BCUT2D eigenvalue weighted by Crippen LogP contribution is -1.92. The highest BCUT2D eigenvalue weighted by Crippen LogP contribution is 2.01. The van der Waals surface area contributed by atoms with Crippen LogP contribution < -0.4 is 0 Å². The maximum atomic E-state index is 5.51. The summed E-state index contributed by atoms with van der Waals surface area (Å²) in [6.07, 6.45) is 10.7. The van der Waals surface area contributed by atoms with Crippen molar-refractivity contribution in [3.8, 4) is 12.3 Å². The van der Waals surface area contributed by atoms with Gasteiger partial charge in [0.1, 0.15) is 0 Å². The van der Waals surface area contributed by atoms with E-state index in [9.17, 15) is 0 Å². The highest BCUT2D eigenvalue weighted by atomic mass is 16.5. The van der Waals surface area contributed by atoms with Crippen molar-refractivity contribution in [1.82, 2.24) is 0 Å². The lowest BCUT2D eigenvalue weighted by Gasteiger charge is -2.01. The van der Waals surface area contributed by atoms with E-state index in [0.717, 1.165) is 5.57 Å². The Bertz CT molecular complexity index is 393. The van der Waals surface area contributed by atoms with Gasteiger partial charge in [-0.2, -0.15) is 0 Å². The molecule has 1 heteroatoms. The second-order valence-electron chi connectivity index (χ2n) is 3.45. The molecule has 0 N–H and O–H groups in total. The van der Waals surface area contributed by atoms with Gasteiger partial charge in [0.05, 0.1) is 13.2 Å². The molecule has 0 saturated heterocycles. The molecular weight excluding hydrogens is 196 g/mol. The molecule has 0 spiro atoms. The molecule has 0 radical (unpaired) electrons. The third-order valence-corrected chi connectivity index (χ3v) is 2.08. The van der Waals surface area contributed by atoms with Crippen LogP contribution in [-0.4, -0.2) is 6.61 Å². The number of ether oxygens (including phenoxy) is 1. The Kier molecular flexibility index (Phi) is 5.76. The maximum absolute atomic E-state index is 5.51.